The van der Waals surface area contributed by atoms with Crippen molar-refractivity contribution in [2.75, 3.05) is 5.32 Å². The van der Waals surface area contributed by atoms with Gasteiger partial charge < -0.3 is 5.32 Å². The van der Waals surface area contributed by atoms with E-state index in [4.69, 9.17) is 11.6 Å². The molecule has 0 aliphatic rings. The summed E-state index contributed by atoms with van der Waals surface area (Å²) in [7, 11) is 0. The molecule has 0 saturated heterocycles. The fraction of sp³-hybridized carbons (Fsp3) is 0.476. The minimum Gasteiger partial charge on any atom is -0.367 e. The second-order valence-corrected chi connectivity index (χ2v) is 7.59. The van der Waals surface area contributed by atoms with Gasteiger partial charge in [0.25, 0.3) is 0 Å². The summed E-state index contributed by atoms with van der Waals surface area (Å²) in [6.07, 6.45) is 4.45. The third-order valence-corrected chi connectivity index (χ3v) is 5.06. The quantitative estimate of drug-likeness (QED) is 0.560. The summed E-state index contributed by atoms with van der Waals surface area (Å²) < 4.78 is 1.83. The number of rotatable bonds is 7. The number of aryl methyl sites for hydroxylation is 3. The van der Waals surface area contributed by atoms with Crippen LogP contribution in [0.25, 0.3) is 16.7 Å². The molecule has 144 valence electrons. The number of nitrogens with zero attached hydrogens (tertiary/aromatic N) is 4. The van der Waals surface area contributed by atoms with Crippen molar-refractivity contribution in [1.29, 1.82) is 0 Å². The third-order valence-electron chi connectivity index (χ3n) is 4.79. The Labute approximate surface area is 166 Å². The summed E-state index contributed by atoms with van der Waals surface area (Å²) in [5, 5.41) is 9.42. The molecule has 27 heavy (non-hydrogen) atoms. The van der Waals surface area contributed by atoms with Crippen LogP contribution in [0.5, 0.6) is 0 Å². The van der Waals surface area contributed by atoms with E-state index in [0.29, 0.717) is 17.0 Å². The molecule has 0 saturated carbocycles. The topological polar surface area (TPSA) is 55.6 Å². The van der Waals surface area contributed by atoms with Crippen molar-refractivity contribution >= 4 is 28.5 Å². The standard InChI is InChI=1S/C21H28ClN5/c1-6-8-16(9-7-2)25-20-18-19(22)26-27(21(18)24-15(5)23-20)17-11-10-13(3)12-14(17)4/h10-12,16H,6-9H2,1-5H3,(H,23,24,25). The smallest absolute Gasteiger partial charge is 0.170 e. The van der Waals surface area contributed by atoms with Gasteiger partial charge in [-0.05, 0) is 45.2 Å². The predicted molar refractivity (Wildman–Crippen MR) is 113 cm³/mol. The van der Waals surface area contributed by atoms with E-state index in [9.17, 15) is 0 Å². The lowest BCUT2D eigenvalue weighted by molar-refractivity contribution is 0.584. The Balaban J connectivity index is 2.13. The van der Waals surface area contributed by atoms with Crippen LogP contribution in [0.3, 0.4) is 0 Å². The highest BCUT2D eigenvalue weighted by molar-refractivity contribution is 6.35. The summed E-state index contributed by atoms with van der Waals surface area (Å²) in [4.78, 5) is 9.31. The first-order valence-corrected chi connectivity index (χ1v) is 10.1. The molecule has 6 heteroatoms. The molecule has 0 aliphatic heterocycles. The Bertz CT molecular complexity index is 941. The summed E-state index contributed by atoms with van der Waals surface area (Å²) in [5.74, 6) is 1.49. The maximum Gasteiger partial charge on any atom is 0.170 e. The molecule has 0 unspecified atom stereocenters. The molecule has 0 fully saturated rings. The van der Waals surface area contributed by atoms with Gasteiger partial charge in [0.05, 0.1) is 5.69 Å². The fourth-order valence-corrected chi connectivity index (χ4v) is 3.83. The molecular weight excluding hydrogens is 358 g/mol. The number of nitrogens with one attached hydrogen (secondary N) is 1. The van der Waals surface area contributed by atoms with Crippen molar-refractivity contribution in [2.45, 2.75) is 66.3 Å². The van der Waals surface area contributed by atoms with Crippen LogP contribution in [-0.4, -0.2) is 25.8 Å². The first-order chi connectivity index (χ1) is 12.9. The van der Waals surface area contributed by atoms with E-state index in [0.717, 1.165) is 53.8 Å². The largest absolute Gasteiger partial charge is 0.367 e. The molecule has 2 aromatic heterocycles. The number of halogens is 1. The van der Waals surface area contributed by atoms with E-state index in [2.05, 4.69) is 66.3 Å². The van der Waals surface area contributed by atoms with E-state index < -0.39 is 0 Å². The monoisotopic (exact) mass is 385 g/mol. The number of aromatic nitrogens is 4. The van der Waals surface area contributed by atoms with Gasteiger partial charge in [0.2, 0.25) is 0 Å². The molecule has 1 aromatic carbocycles. The SMILES string of the molecule is CCCC(CCC)Nc1nc(C)nc2c1c(Cl)nn2-c1ccc(C)cc1C. The zero-order valence-electron chi connectivity index (χ0n) is 16.8. The maximum atomic E-state index is 6.55. The Hall–Kier alpha value is -2.14. The Morgan fingerprint density at radius 2 is 1.78 bits per heavy atom. The van der Waals surface area contributed by atoms with Crippen molar-refractivity contribution < 1.29 is 0 Å². The normalized spacial score (nSPS) is 11.5. The van der Waals surface area contributed by atoms with Crippen molar-refractivity contribution in [1.82, 2.24) is 19.7 Å². The first-order valence-electron chi connectivity index (χ1n) is 9.71. The summed E-state index contributed by atoms with van der Waals surface area (Å²) in [5.41, 5.74) is 4.08. The average molecular weight is 386 g/mol. The lowest BCUT2D eigenvalue weighted by Gasteiger charge is -2.18. The molecule has 2 heterocycles. The molecule has 1 N–H and O–H groups in total. The number of anilines is 1. The van der Waals surface area contributed by atoms with Crippen molar-refractivity contribution in [3.8, 4) is 5.69 Å². The third kappa shape index (κ3) is 4.08. The van der Waals surface area contributed by atoms with Crippen LogP contribution >= 0.6 is 11.6 Å². The molecule has 0 radical (unpaired) electrons. The van der Waals surface area contributed by atoms with E-state index in [1.54, 1.807) is 0 Å². The molecule has 0 spiro atoms. The molecule has 0 bridgehead atoms. The second kappa shape index (κ2) is 8.26. The number of hydrogen-bond donors (Lipinski definition) is 1. The van der Waals surface area contributed by atoms with Crippen LogP contribution in [0.1, 0.15) is 56.5 Å². The van der Waals surface area contributed by atoms with Gasteiger partial charge in [-0.2, -0.15) is 5.10 Å². The van der Waals surface area contributed by atoms with E-state index in [1.807, 2.05) is 11.6 Å². The van der Waals surface area contributed by atoms with Gasteiger partial charge in [-0.1, -0.05) is 56.0 Å². The first kappa shape index (κ1) is 19.6. The van der Waals surface area contributed by atoms with Crippen LogP contribution < -0.4 is 5.32 Å². The lowest BCUT2D eigenvalue weighted by Crippen LogP contribution is -2.20. The summed E-state index contributed by atoms with van der Waals surface area (Å²) in [6.45, 7) is 10.5. The predicted octanol–water partition coefficient (Wildman–Crippen LogP) is 5.77. The van der Waals surface area contributed by atoms with Crippen LogP contribution in [0.4, 0.5) is 5.82 Å². The second-order valence-electron chi connectivity index (χ2n) is 7.23. The fourth-order valence-electron chi connectivity index (χ4n) is 3.58. The van der Waals surface area contributed by atoms with E-state index >= 15 is 0 Å². The van der Waals surface area contributed by atoms with E-state index in [-0.39, 0.29) is 0 Å². The summed E-state index contributed by atoms with van der Waals surface area (Å²) >= 11 is 6.55. The van der Waals surface area contributed by atoms with Gasteiger partial charge in [0.15, 0.2) is 10.8 Å². The van der Waals surface area contributed by atoms with Gasteiger partial charge in [0, 0.05) is 6.04 Å². The van der Waals surface area contributed by atoms with Crippen molar-refractivity contribution in [2.24, 2.45) is 0 Å². The highest BCUT2D eigenvalue weighted by Gasteiger charge is 2.20. The highest BCUT2D eigenvalue weighted by atomic mass is 35.5. The molecule has 3 aromatic rings. The molecule has 0 aliphatic carbocycles. The van der Waals surface area contributed by atoms with E-state index in [1.165, 1.54) is 5.56 Å². The molecule has 0 amide bonds. The highest BCUT2D eigenvalue weighted by Crippen LogP contribution is 2.31. The lowest BCUT2D eigenvalue weighted by atomic mass is 10.1. The minimum atomic E-state index is 0.373. The zero-order chi connectivity index (χ0) is 19.6. The number of benzene rings is 1. The number of fused-ring (bicyclic) bond motifs is 1. The number of hydrogen-bond acceptors (Lipinski definition) is 4. The van der Waals surface area contributed by atoms with Gasteiger partial charge in [-0.3, -0.25) is 0 Å². The average Bonchev–Trinajstić information content (AvgIpc) is 2.92. The molecule has 3 rings (SSSR count). The minimum absolute atomic E-state index is 0.373. The van der Waals surface area contributed by atoms with Crippen LogP contribution in [-0.2, 0) is 0 Å². The van der Waals surface area contributed by atoms with Crippen LogP contribution in [0.15, 0.2) is 18.2 Å². The van der Waals surface area contributed by atoms with Gasteiger partial charge in [0.1, 0.15) is 17.0 Å². The Kier molecular flexibility index (Phi) is 6.00. The van der Waals surface area contributed by atoms with Gasteiger partial charge in [-0.25, -0.2) is 14.6 Å². The molecular formula is C21H28ClN5. The maximum absolute atomic E-state index is 6.55. The summed E-state index contributed by atoms with van der Waals surface area (Å²) in [6, 6.07) is 6.66. The van der Waals surface area contributed by atoms with Crippen LogP contribution in [0.2, 0.25) is 5.15 Å². The van der Waals surface area contributed by atoms with Crippen LogP contribution in [0, 0.1) is 20.8 Å². The van der Waals surface area contributed by atoms with Gasteiger partial charge in [-0.15, -0.1) is 0 Å². The van der Waals surface area contributed by atoms with Crippen molar-refractivity contribution in [3.05, 3.63) is 40.3 Å². The Morgan fingerprint density at radius 1 is 1.07 bits per heavy atom. The zero-order valence-corrected chi connectivity index (χ0v) is 17.6. The molecule has 0 atom stereocenters. The van der Waals surface area contributed by atoms with Gasteiger partial charge >= 0.3 is 0 Å². The molecule has 5 nitrogen and oxygen atoms in total. The Morgan fingerprint density at radius 3 is 2.41 bits per heavy atom. The van der Waals surface area contributed by atoms with Crippen molar-refractivity contribution in [3.63, 3.8) is 0 Å².